The van der Waals surface area contributed by atoms with Crippen molar-refractivity contribution >= 4 is 22.8 Å². The maximum Gasteiger partial charge on any atom is 0.237 e. The number of ether oxygens (including phenoxy) is 1. The smallest absolute Gasteiger partial charge is 0.237 e. The molecule has 1 aliphatic rings. The normalized spacial score (nSPS) is 18.4. The predicted molar refractivity (Wildman–Crippen MR) is 149 cm³/mol. The third-order valence-corrected chi connectivity index (χ3v) is 7.28. The van der Waals surface area contributed by atoms with Gasteiger partial charge >= 0.3 is 0 Å². The van der Waals surface area contributed by atoms with Crippen LogP contribution in [-0.4, -0.2) is 56.7 Å². The Morgan fingerprint density at radius 1 is 1.05 bits per heavy atom. The number of amides is 1. The summed E-state index contributed by atoms with van der Waals surface area (Å²) in [7, 11) is 3.89. The highest BCUT2D eigenvalue weighted by molar-refractivity contribution is 5.87. The van der Waals surface area contributed by atoms with Crippen molar-refractivity contribution in [3.05, 3.63) is 60.8 Å². The van der Waals surface area contributed by atoms with E-state index in [1.54, 1.807) is 6.20 Å². The van der Waals surface area contributed by atoms with Crippen LogP contribution < -0.4 is 15.8 Å². The van der Waals surface area contributed by atoms with Gasteiger partial charge in [0, 0.05) is 11.6 Å². The van der Waals surface area contributed by atoms with Gasteiger partial charge in [-0.2, -0.15) is 5.10 Å². The average Bonchev–Trinajstić information content (AvgIpc) is 3.35. The van der Waals surface area contributed by atoms with Gasteiger partial charge < -0.3 is 15.8 Å². The number of carbonyl (C=O) groups is 1. The molecule has 0 unspecified atom stereocenters. The third kappa shape index (κ3) is 5.47. The number of nitrogens with zero attached hydrogens (tertiary/aromatic N) is 5. The number of nitrogens with two attached hydrogens (primary N) is 1. The molecule has 0 aliphatic heterocycles. The SMILES string of the molecule is CC[C@H](C(=O)NC1CCC(n2ncc3c(N)nc(-c4ccc(Oc5ccccc5)cc4)nc32)CC1)N(C)C. The molecule has 2 heterocycles. The molecule has 3 N–H and O–H groups in total. The van der Waals surface area contributed by atoms with Gasteiger partial charge in [0.2, 0.25) is 5.91 Å². The van der Waals surface area contributed by atoms with E-state index in [-0.39, 0.29) is 24.0 Å². The molecule has 9 heteroatoms. The molecule has 1 amide bonds. The number of hydrogen-bond acceptors (Lipinski definition) is 7. The lowest BCUT2D eigenvalue weighted by atomic mass is 9.91. The number of anilines is 1. The number of nitrogens with one attached hydrogen (secondary N) is 1. The molecule has 2 aromatic heterocycles. The van der Waals surface area contributed by atoms with E-state index in [0.29, 0.717) is 11.6 Å². The molecular weight excluding hydrogens is 478 g/mol. The fraction of sp³-hybridized carbons (Fsp3) is 0.379. The van der Waals surface area contributed by atoms with Crippen molar-refractivity contribution in [1.29, 1.82) is 0 Å². The highest BCUT2D eigenvalue weighted by atomic mass is 16.5. The number of hydrogen-bond donors (Lipinski definition) is 2. The van der Waals surface area contributed by atoms with Gasteiger partial charge in [0.1, 0.15) is 17.3 Å². The second-order valence-electron chi connectivity index (χ2n) is 10.1. The molecule has 198 valence electrons. The largest absolute Gasteiger partial charge is 0.457 e. The summed E-state index contributed by atoms with van der Waals surface area (Å²) in [6.45, 7) is 2.04. The highest BCUT2D eigenvalue weighted by Crippen LogP contribution is 2.33. The van der Waals surface area contributed by atoms with Crippen molar-refractivity contribution in [3.8, 4) is 22.9 Å². The molecular formula is C29H35N7O2. The van der Waals surface area contributed by atoms with Crippen LogP contribution >= 0.6 is 0 Å². The number of carbonyl (C=O) groups excluding carboxylic acids is 1. The van der Waals surface area contributed by atoms with Crippen molar-refractivity contribution in [2.24, 2.45) is 0 Å². The zero-order chi connectivity index (χ0) is 26.6. The molecule has 0 radical (unpaired) electrons. The number of benzene rings is 2. The lowest BCUT2D eigenvalue weighted by Gasteiger charge is -2.31. The summed E-state index contributed by atoms with van der Waals surface area (Å²) in [6.07, 6.45) is 6.16. The summed E-state index contributed by atoms with van der Waals surface area (Å²) >= 11 is 0. The van der Waals surface area contributed by atoms with Crippen LogP contribution in [0.25, 0.3) is 22.4 Å². The Labute approximate surface area is 223 Å². The Kier molecular flexibility index (Phi) is 7.55. The summed E-state index contributed by atoms with van der Waals surface area (Å²) in [6, 6.07) is 17.6. The number of likely N-dealkylation sites (N-methyl/N-ethyl adjacent to an activating group) is 1. The molecule has 2 aromatic carbocycles. The second kappa shape index (κ2) is 11.2. The van der Waals surface area contributed by atoms with Gasteiger partial charge in [-0.3, -0.25) is 9.69 Å². The van der Waals surface area contributed by atoms with E-state index in [4.69, 9.17) is 15.5 Å². The first kappa shape index (κ1) is 25.7. The summed E-state index contributed by atoms with van der Waals surface area (Å²) in [5.41, 5.74) is 7.92. The maximum absolute atomic E-state index is 12.7. The summed E-state index contributed by atoms with van der Waals surface area (Å²) in [4.78, 5) is 24.1. The van der Waals surface area contributed by atoms with Gasteiger partial charge in [0.05, 0.1) is 23.7 Å². The molecule has 38 heavy (non-hydrogen) atoms. The van der Waals surface area contributed by atoms with Crippen molar-refractivity contribution in [2.75, 3.05) is 19.8 Å². The molecule has 1 atom stereocenters. The van der Waals surface area contributed by atoms with Gasteiger partial charge in [-0.25, -0.2) is 14.6 Å². The number of aromatic nitrogens is 4. The lowest BCUT2D eigenvalue weighted by molar-refractivity contribution is -0.126. The lowest BCUT2D eigenvalue weighted by Crippen LogP contribution is -2.48. The van der Waals surface area contributed by atoms with Crippen LogP contribution in [0.3, 0.4) is 0 Å². The first-order valence-corrected chi connectivity index (χ1v) is 13.2. The molecule has 1 aliphatic carbocycles. The van der Waals surface area contributed by atoms with E-state index in [1.807, 2.05) is 85.2 Å². The molecule has 5 rings (SSSR count). The number of fused-ring (bicyclic) bond motifs is 1. The van der Waals surface area contributed by atoms with Crippen molar-refractivity contribution in [1.82, 2.24) is 30.0 Å². The van der Waals surface area contributed by atoms with Crippen molar-refractivity contribution in [2.45, 2.75) is 57.2 Å². The zero-order valence-electron chi connectivity index (χ0n) is 22.2. The van der Waals surface area contributed by atoms with E-state index in [0.717, 1.165) is 60.2 Å². The molecule has 0 spiro atoms. The standard InChI is InChI=1S/C29H35N7O2/c1-4-25(35(2)3)29(37)32-20-12-14-21(15-13-20)36-28-24(18-31-36)26(30)33-27(34-28)19-10-16-23(17-11-19)38-22-8-6-5-7-9-22/h5-11,16-18,20-21,25H,4,12-15H2,1-3H3,(H,32,37)(H2,30,33,34)/t20?,21?,25-/m1/s1. The fourth-order valence-corrected chi connectivity index (χ4v) is 5.19. The van der Waals surface area contributed by atoms with Crippen LogP contribution in [0.1, 0.15) is 45.1 Å². The van der Waals surface area contributed by atoms with E-state index in [1.165, 1.54) is 0 Å². The van der Waals surface area contributed by atoms with Crippen molar-refractivity contribution < 1.29 is 9.53 Å². The Balaban J connectivity index is 1.30. The Morgan fingerprint density at radius 2 is 1.74 bits per heavy atom. The van der Waals surface area contributed by atoms with Crippen LogP contribution in [0.15, 0.2) is 60.8 Å². The third-order valence-electron chi connectivity index (χ3n) is 7.28. The topological polar surface area (TPSA) is 111 Å². The van der Waals surface area contributed by atoms with Crippen LogP contribution in [-0.2, 0) is 4.79 Å². The van der Waals surface area contributed by atoms with E-state index in [2.05, 4.69) is 15.4 Å². The van der Waals surface area contributed by atoms with Gasteiger partial charge in [-0.1, -0.05) is 25.1 Å². The Bertz CT molecular complexity index is 1380. The van der Waals surface area contributed by atoms with Gasteiger partial charge in [-0.15, -0.1) is 0 Å². The van der Waals surface area contributed by atoms with Crippen LogP contribution in [0.4, 0.5) is 5.82 Å². The molecule has 0 bridgehead atoms. The zero-order valence-corrected chi connectivity index (χ0v) is 22.2. The molecule has 1 saturated carbocycles. The molecule has 4 aromatic rings. The summed E-state index contributed by atoms with van der Waals surface area (Å²) < 4.78 is 7.89. The van der Waals surface area contributed by atoms with Crippen LogP contribution in [0, 0.1) is 0 Å². The average molecular weight is 514 g/mol. The van der Waals surface area contributed by atoms with Crippen LogP contribution in [0.2, 0.25) is 0 Å². The van der Waals surface area contributed by atoms with Gasteiger partial charge in [-0.05, 0) is 82.6 Å². The highest BCUT2D eigenvalue weighted by Gasteiger charge is 2.28. The quantitative estimate of drug-likeness (QED) is 0.348. The molecule has 9 nitrogen and oxygen atoms in total. The number of para-hydroxylation sites is 1. The van der Waals surface area contributed by atoms with Gasteiger partial charge in [0.15, 0.2) is 11.5 Å². The minimum absolute atomic E-state index is 0.0974. The Morgan fingerprint density at radius 3 is 2.39 bits per heavy atom. The monoisotopic (exact) mass is 513 g/mol. The van der Waals surface area contributed by atoms with E-state index < -0.39 is 0 Å². The Hall–Kier alpha value is -3.98. The number of rotatable bonds is 8. The fourth-order valence-electron chi connectivity index (χ4n) is 5.19. The maximum atomic E-state index is 12.7. The first-order chi connectivity index (χ1) is 18.4. The van der Waals surface area contributed by atoms with E-state index in [9.17, 15) is 4.79 Å². The second-order valence-corrected chi connectivity index (χ2v) is 10.1. The summed E-state index contributed by atoms with van der Waals surface area (Å²) in [5, 5.41) is 8.65. The van der Waals surface area contributed by atoms with Crippen molar-refractivity contribution in [3.63, 3.8) is 0 Å². The molecule has 0 saturated heterocycles. The number of nitrogen functional groups attached to an aromatic ring is 1. The minimum atomic E-state index is -0.0974. The summed E-state index contributed by atoms with van der Waals surface area (Å²) in [5.74, 6) is 2.59. The molecule has 1 fully saturated rings. The first-order valence-electron chi connectivity index (χ1n) is 13.2. The minimum Gasteiger partial charge on any atom is -0.457 e. The predicted octanol–water partition coefficient (Wildman–Crippen LogP) is 4.81. The van der Waals surface area contributed by atoms with Crippen LogP contribution in [0.5, 0.6) is 11.5 Å². The van der Waals surface area contributed by atoms with E-state index >= 15 is 0 Å². The van der Waals surface area contributed by atoms with Gasteiger partial charge in [0.25, 0.3) is 0 Å².